The highest BCUT2D eigenvalue weighted by Gasteiger charge is 1.49. The van der Waals surface area contributed by atoms with Gasteiger partial charge in [0.05, 0.1) is 9.39 Å². The van der Waals surface area contributed by atoms with E-state index in [1.807, 2.05) is 5.40 Å². The number of nitrogens with zero attached hydrogens (tertiary/aromatic N) is 1. The molecule has 0 aliphatic heterocycles. The molecule has 5 heteroatoms. The van der Waals surface area contributed by atoms with Crippen LogP contribution in [0.25, 0.3) is 0 Å². The van der Waals surface area contributed by atoms with E-state index in [4.69, 9.17) is 5.26 Å². The quantitative estimate of drug-likeness (QED) is 0.227. The number of rotatable bonds is 0. The summed E-state index contributed by atoms with van der Waals surface area (Å²) < 4.78 is 0. The average molecular weight is 155 g/mol. The van der Waals surface area contributed by atoms with Gasteiger partial charge in [0, 0.05) is 0 Å². The Bertz CT molecular complexity index is 40.5. The van der Waals surface area contributed by atoms with Gasteiger partial charge < -0.3 is 0 Å². The topological polar surface area (TPSA) is 23.8 Å². The van der Waals surface area contributed by atoms with Crippen molar-refractivity contribution in [3.63, 3.8) is 0 Å². The Morgan fingerprint density at radius 2 is 1.83 bits per heavy atom. The van der Waals surface area contributed by atoms with E-state index in [0.29, 0.717) is 0 Å². The molecule has 0 radical (unpaired) electrons. The minimum atomic E-state index is 0.945. The number of hydrogen-bond donors (Lipinski definition) is 2. The molecule has 0 bridgehead atoms. The monoisotopic (exact) mass is 155 g/mol. The number of nitriles is 1. The van der Waals surface area contributed by atoms with Crippen molar-refractivity contribution in [2.75, 3.05) is 0 Å². The van der Waals surface area contributed by atoms with Gasteiger partial charge in [0.2, 0.25) is 0 Å². The molecular weight excluding hydrogens is 150 g/mol. The van der Waals surface area contributed by atoms with Crippen LogP contribution in [0.3, 0.4) is 0 Å². The molecule has 0 fully saturated rings. The van der Waals surface area contributed by atoms with Gasteiger partial charge in [-0.15, -0.1) is 23.3 Å². The van der Waals surface area contributed by atoms with Gasteiger partial charge in [-0.1, -0.05) is 11.2 Å². The van der Waals surface area contributed by atoms with E-state index < -0.39 is 0 Å². The van der Waals surface area contributed by atoms with E-state index in [1.165, 1.54) is 11.2 Å². The standard InChI is InChI=1S/CH3NSSi.H2S2/c2-1-3-4;1-2/h4H3;1-2H. The fourth-order valence-corrected chi connectivity index (χ4v) is 0. The Kier molecular flexibility index (Phi) is 28.3. The molecule has 0 saturated carbocycles. The van der Waals surface area contributed by atoms with Crippen molar-refractivity contribution in [3.05, 3.63) is 0 Å². The summed E-state index contributed by atoms with van der Waals surface area (Å²) in [5.74, 6) is 0. The Morgan fingerprint density at radius 1 is 1.67 bits per heavy atom. The lowest BCUT2D eigenvalue weighted by molar-refractivity contribution is 1.57. The van der Waals surface area contributed by atoms with E-state index >= 15 is 0 Å². The maximum absolute atomic E-state index is 7.62. The van der Waals surface area contributed by atoms with Crippen LogP contribution in [0.15, 0.2) is 0 Å². The third-order valence-electron chi connectivity index (χ3n) is 0.0913. The molecule has 0 rings (SSSR count). The average Bonchev–Trinajstić information content (AvgIpc) is 1.72. The molecule has 6 heavy (non-hydrogen) atoms. The smallest absolute Gasteiger partial charge is 0.125 e. The summed E-state index contributed by atoms with van der Waals surface area (Å²) in [6, 6.07) is 0. The first-order chi connectivity index (χ1) is 2.91. The van der Waals surface area contributed by atoms with Crippen LogP contribution in [0.5, 0.6) is 0 Å². The second-order valence-electron chi connectivity index (χ2n) is 0.295. The van der Waals surface area contributed by atoms with Crippen LogP contribution >= 0.6 is 34.5 Å². The summed E-state index contributed by atoms with van der Waals surface area (Å²) >= 11 is 7.75. The van der Waals surface area contributed by atoms with Crippen molar-refractivity contribution < 1.29 is 0 Å². The van der Waals surface area contributed by atoms with Crippen LogP contribution in [0.1, 0.15) is 0 Å². The fourth-order valence-electron chi connectivity index (χ4n) is 0. The lowest BCUT2D eigenvalue weighted by atomic mass is 11.8. The van der Waals surface area contributed by atoms with Gasteiger partial charge in [0.25, 0.3) is 0 Å². The van der Waals surface area contributed by atoms with Gasteiger partial charge in [-0.3, -0.25) is 0 Å². The summed E-state index contributed by atoms with van der Waals surface area (Å²) in [6.45, 7) is 0. The molecule has 36 valence electrons. The second kappa shape index (κ2) is 17.1. The first-order valence-electron chi connectivity index (χ1n) is 1.04. The van der Waals surface area contributed by atoms with E-state index in [2.05, 4.69) is 23.3 Å². The normalized spacial score (nSPS) is 4.83. The van der Waals surface area contributed by atoms with Crippen molar-refractivity contribution in [2.24, 2.45) is 0 Å². The minimum Gasteiger partial charge on any atom is -0.186 e. The molecule has 1 nitrogen and oxygen atoms in total. The number of hydrogen-bond acceptors (Lipinski definition) is 4. The Hall–Kier alpha value is 0.757. The van der Waals surface area contributed by atoms with E-state index in [9.17, 15) is 0 Å². The maximum atomic E-state index is 7.62. The van der Waals surface area contributed by atoms with Crippen molar-refractivity contribution in [3.8, 4) is 5.40 Å². The minimum absolute atomic E-state index is 0.945. The molecule has 0 atom stereocenters. The van der Waals surface area contributed by atoms with Gasteiger partial charge in [0.1, 0.15) is 5.40 Å². The SMILES string of the molecule is N#CS[SiH3].SS. The van der Waals surface area contributed by atoms with Crippen molar-refractivity contribution in [1.29, 1.82) is 5.26 Å². The first-order valence-corrected chi connectivity index (χ1v) is 6.31. The summed E-state index contributed by atoms with van der Waals surface area (Å²) in [5.41, 5.74) is 0. The van der Waals surface area contributed by atoms with E-state index in [1.54, 1.807) is 0 Å². The highest BCUT2D eigenvalue weighted by Crippen LogP contribution is 1.76. The molecule has 0 heterocycles. The summed E-state index contributed by atoms with van der Waals surface area (Å²) in [4.78, 5) is 0. The first kappa shape index (κ1) is 9.90. The lowest BCUT2D eigenvalue weighted by Gasteiger charge is -1.47. The van der Waals surface area contributed by atoms with Crippen molar-refractivity contribution in [2.45, 2.75) is 0 Å². The zero-order chi connectivity index (χ0) is 5.41. The Balaban J connectivity index is 0. The Morgan fingerprint density at radius 3 is 1.83 bits per heavy atom. The molecule has 0 saturated heterocycles. The van der Waals surface area contributed by atoms with E-state index in [0.717, 1.165) is 9.39 Å². The van der Waals surface area contributed by atoms with Crippen LogP contribution in [0.2, 0.25) is 0 Å². The molecule has 0 aromatic heterocycles. The van der Waals surface area contributed by atoms with Crippen LogP contribution in [0.4, 0.5) is 0 Å². The third-order valence-corrected chi connectivity index (χ3v) is 0.822. The Labute approximate surface area is 54.8 Å². The molecule has 0 unspecified atom stereocenters. The van der Waals surface area contributed by atoms with Gasteiger partial charge in [0.15, 0.2) is 0 Å². The molecule has 0 aromatic carbocycles. The van der Waals surface area contributed by atoms with Gasteiger partial charge >= 0.3 is 0 Å². The molecule has 0 aromatic rings. The van der Waals surface area contributed by atoms with Gasteiger partial charge in [-0.05, 0) is 0 Å². The summed E-state index contributed by atoms with van der Waals surface area (Å²) in [5, 5.41) is 9.53. The second-order valence-corrected chi connectivity index (χ2v) is 2.11. The van der Waals surface area contributed by atoms with Crippen LogP contribution in [0, 0.1) is 10.7 Å². The maximum Gasteiger partial charge on any atom is 0.125 e. The summed E-state index contributed by atoms with van der Waals surface area (Å²) in [6.07, 6.45) is 0. The zero-order valence-corrected chi connectivity index (χ0v) is 7.86. The van der Waals surface area contributed by atoms with Crippen molar-refractivity contribution >= 4 is 43.9 Å². The number of thiol groups is 2. The number of thiocyanates is 1. The highest BCUT2D eigenvalue weighted by molar-refractivity contribution is 8.59. The lowest BCUT2D eigenvalue weighted by Crippen LogP contribution is -1.33. The largest absolute Gasteiger partial charge is 0.186 e. The van der Waals surface area contributed by atoms with Crippen molar-refractivity contribution in [1.82, 2.24) is 0 Å². The van der Waals surface area contributed by atoms with E-state index in [-0.39, 0.29) is 0 Å². The summed E-state index contributed by atoms with van der Waals surface area (Å²) in [7, 11) is 0.945. The third kappa shape index (κ3) is 21.8. The van der Waals surface area contributed by atoms with Crippen LogP contribution in [-0.4, -0.2) is 9.39 Å². The predicted molar refractivity (Wildman–Crippen MR) is 41.1 cm³/mol. The van der Waals surface area contributed by atoms with Gasteiger partial charge in [-0.2, -0.15) is 5.26 Å². The predicted octanol–water partition coefficient (Wildman–Crippen LogP) is 0.242. The molecular formula is CH5NS3Si. The fraction of sp³-hybridized carbons (Fsp3) is 0. The molecule has 0 N–H and O–H groups in total. The van der Waals surface area contributed by atoms with Gasteiger partial charge in [-0.25, -0.2) is 0 Å². The highest BCUT2D eigenvalue weighted by atomic mass is 33.1. The van der Waals surface area contributed by atoms with Crippen LogP contribution < -0.4 is 0 Å². The molecule has 0 amide bonds. The molecule has 0 spiro atoms. The molecule has 0 aliphatic carbocycles. The van der Waals surface area contributed by atoms with Crippen LogP contribution in [-0.2, 0) is 0 Å². The zero-order valence-electron chi connectivity index (χ0n) is 3.25. The molecule has 0 aliphatic rings.